The molecule has 0 aliphatic carbocycles. The van der Waals surface area contributed by atoms with E-state index in [-0.39, 0.29) is 22.2 Å². The molecule has 2 aromatic carbocycles. The third-order valence-electron chi connectivity index (χ3n) is 3.43. The maximum Gasteiger partial charge on any atom is 0.291 e. The van der Waals surface area contributed by atoms with Crippen LogP contribution in [0.25, 0.3) is 11.3 Å². The highest BCUT2D eigenvalue weighted by atomic mass is 35.5. The van der Waals surface area contributed by atoms with Crippen LogP contribution in [0, 0.1) is 10.1 Å². The van der Waals surface area contributed by atoms with Crippen LogP contribution in [-0.4, -0.2) is 10.8 Å². The number of hydrogen-bond acceptors (Lipinski definition) is 4. The molecule has 9 heteroatoms. The Morgan fingerprint density at radius 3 is 2.46 bits per heavy atom. The number of carbonyl (C=O) groups is 1. The van der Waals surface area contributed by atoms with Crippen LogP contribution >= 0.6 is 34.8 Å². The van der Waals surface area contributed by atoms with Crippen LogP contribution in [0.5, 0.6) is 0 Å². The normalized spacial score (nSPS) is 10.6. The van der Waals surface area contributed by atoms with Gasteiger partial charge in [-0.3, -0.25) is 14.9 Å². The average molecular weight is 412 g/mol. The molecule has 1 aromatic heterocycles. The van der Waals surface area contributed by atoms with Crippen molar-refractivity contribution in [3.05, 3.63) is 79.5 Å². The topological polar surface area (TPSA) is 85.4 Å². The van der Waals surface area contributed by atoms with Crippen molar-refractivity contribution >= 4 is 52.1 Å². The summed E-state index contributed by atoms with van der Waals surface area (Å²) < 4.78 is 5.49. The second-order valence-electron chi connectivity index (χ2n) is 5.17. The van der Waals surface area contributed by atoms with Gasteiger partial charge in [0.15, 0.2) is 5.76 Å². The number of hydrogen-bond donors (Lipinski definition) is 1. The van der Waals surface area contributed by atoms with E-state index in [4.69, 9.17) is 39.2 Å². The van der Waals surface area contributed by atoms with E-state index in [1.807, 2.05) is 0 Å². The number of anilines is 1. The molecule has 1 heterocycles. The van der Waals surface area contributed by atoms with Gasteiger partial charge in [-0.15, -0.1) is 0 Å². The molecule has 3 rings (SSSR count). The van der Waals surface area contributed by atoms with Gasteiger partial charge in [0, 0.05) is 16.7 Å². The zero-order valence-corrected chi connectivity index (χ0v) is 15.1. The third-order valence-corrected chi connectivity index (χ3v) is 4.32. The van der Waals surface area contributed by atoms with Gasteiger partial charge in [-0.05, 0) is 42.5 Å². The molecule has 0 aliphatic heterocycles. The molecule has 0 radical (unpaired) electrons. The lowest BCUT2D eigenvalue weighted by molar-refractivity contribution is -0.384. The molecule has 0 spiro atoms. The molecule has 0 aliphatic rings. The lowest BCUT2D eigenvalue weighted by Crippen LogP contribution is -2.11. The highest BCUT2D eigenvalue weighted by Crippen LogP contribution is 2.32. The number of amides is 1. The zero-order valence-electron chi connectivity index (χ0n) is 12.8. The minimum Gasteiger partial charge on any atom is -0.451 e. The van der Waals surface area contributed by atoms with Crippen molar-refractivity contribution in [1.29, 1.82) is 0 Å². The van der Waals surface area contributed by atoms with Crippen molar-refractivity contribution in [2.24, 2.45) is 0 Å². The number of rotatable bonds is 4. The summed E-state index contributed by atoms with van der Waals surface area (Å²) in [6.45, 7) is 0. The van der Waals surface area contributed by atoms with E-state index >= 15 is 0 Å². The molecule has 0 bridgehead atoms. The molecule has 132 valence electrons. The van der Waals surface area contributed by atoms with E-state index in [0.717, 1.165) is 0 Å². The summed E-state index contributed by atoms with van der Waals surface area (Å²) in [5.74, 6) is -0.246. The lowest BCUT2D eigenvalue weighted by Gasteiger charge is -2.06. The van der Waals surface area contributed by atoms with Crippen LogP contribution in [0.2, 0.25) is 15.1 Å². The molecule has 3 aromatic rings. The van der Waals surface area contributed by atoms with Crippen molar-refractivity contribution in [3.8, 4) is 11.3 Å². The SMILES string of the molecule is O=C(Nc1cc(Cl)ccc1Cl)c1ccc(-c2ccc(Cl)c([N+](=O)[O-])c2)o1. The number of furan rings is 1. The summed E-state index contributed by atoms with van der Waals surface area (Å²) in [4.78, 5) is 22.7. The molecule has 1 N–H and O–H groups in total. The monoisotopic (exact) mass is 410 g/mol. The van der Waals surface area contributed by atoms with Crippen molar-refractivity contribution < 1.29 is 14.1 Å². The first-order valence-electron chi connectivity index (χ1n) is 7.15. The van der Waals surface area contributed by atoms with Crippen LogP contribution in [0.15, 0.2) is 52.9 Å². The molecular formula is C17H9Cl3N2O4. The number of carbonyl (C=O) groups excluding carboxylic acids is 1. The summed E-state index contributed by atoms with van der Waals surface area (Å²) in [7, 11) is 0. The number of nitro benzene ring substituents is 1. The predicted octanol–water partition coefficient (Wildman–Crippen LogP) is 6.07. The molecule has 0 unspecified atom stereocenters. The summed E-state index contributed by atoms with van der Waals surface area (Å²) >= 11 is 17.7. The lowest BCUT2D eigenvalue weighted by atomic mass is 10.1. The Labute approximate surface area is 162 Å². The van der Waals surface area contributed by atoms with E-state index in [2.05, 4.69) is 5.32 Å². The molecular weight excluding hydrogens is 403 g/mol. The molecule has 26 heavy (non-hydrogen) atoms. The van der Waals surface area contributed by atoms with Crippen LogP contribution in [0.1, 0.15) is 10.6 Å². The molecule has 0 atom stereocenters. The van der Waals surface area contributed by atoms with Gasteiger partial charge >= 0.3 is 0 Å². The van der Waals surface area contributed by atoms with Gasteiger partial charge in [0.25, 0.3) is 11.6 Å². The molecule has 0 saturated carbocycles. The van der Waals surface area contributed by atoms with E-state index in [1.54, 1.807) is 18.2 Å². The van der Waals surface area contributed by atoms with Crippen molar-refractivity contribution in [2.75, 3.05) is 5.32 Å². The Kier molecular flexibility index (Phi) is 5.18. The highest BCUT2D eigenvalue weighted by molar-refractivity contribution is 6.36. The quantitative estimate of drug-likeness (QED) is 0.417. The smallest absolute Gasteiger partial charge is 0.291 e. The molecule has 0 saturated heterocycles. The van der Waals surface area contributed by atoms with E-state index in [0.29, 0.717) is 21.3 Å². The van der Waals surface area contributed by atoms with Crippen LogP contribution in [-0.2, 0) is 0 Å². The number of halogens is 3. The van der Waals surface area contributed by atoms with Crippen LogP contribution < -0.4 is 5.32 Å². The maximum absolute atomic E-state index is 12.3. The van der Waals surface area contributed by atoms with Gasteiger partial charge < -0.3 is 9.73 Å². The Morgan fingerprint density at radius 2 is 1.73 bits per heavy atom. The van der Waals surface area contributed by atoms with Gasteiger partial charge in [-0.2, -0.15) is 0 Å². The molecule has 0 fully saturated rings. The summed E-state index contributed by atoms with van der Waals surface area (Å²) in [6.07, 6.45) is 0. The van der Waals surface area contributed by atoms with Gasteiger partial charge in [-0.25, -0.2) is 0 Å². The fraction of sp³-hybridized carbons (Fsp3) is 0. The number of nitro groups is 1. The third kappa shape index (κ3) is 3.83. The Hall–Kier alpha value is -2.54. The van der Waals surface area contributed by atoms with Gasteiger partial charge in [0.05, 0.1) is 15.6 Å². The van der Waals surface area contributed by atoms with Crippen LogP contribution in [0.3, 0.4) is 0 Å². The minimum absolute atomic E-state index is 0.00800. The van der Waals surface area contributed by atoms with Gasteiger partial charge in [0.1, 0.15) is 10.8 Å². The van der Waals surface area contributed by atoms with E-state index in [9.17, 15) is 14.9 Å². The molecule has 1 amide bonds. The van der Waals surface area contributed by atoms with Gasteiger partial charge in [-0.1, -0.05) is 34.8 Å². The summed E-state index contributed by atoms with van der Waals surface area (Å²) in [6, 6.07) is 11.9. The largest absolute Gasteiger partial charge is 0.451 e. The average Bonchev–Trinajstić information content (AvgIpc) is 3.08. The standard InChI is InChI=1S/C17H9Cl3N2O4/c18-10-2-4-11(19)13(8-10)21-17(23)16-6-5-15(26-16)9-1-3-12(20)14(7-9)22(24)25/h1-8H,(H,21,23). The molecule has 6 nitrogen and oxygen atoms in total. The second-order valence-corrected chi connectivity index (χ2v) is 6.42. The summed E-state index contributed by atoms with van der Waals surface area (Å²) in [5, 5.41) is 14.3. The first-order valence-corrected chi connectivity index (χ1v) is 8.29. The first-order chi connectivity index (χ1) is 12.3. The second kappa shape index (κ2) is 7.37. The first kappa shape index (κ1) is 18.3. The predicted molar refractivity (Wildman–Crippen MR) is 100 cm³/mol. The van der Waals surface area contributed by atoms with Crippen molar-refractivity contribution in [1.82, 2.24) is 0 Å². The number of nitrogens with zero attached hydrogens (tertiary/aromatic N) is 1. The highest BCUT2D eigenvalue weighted by Gasteiger charge is 2.17. The number of nitrogens with one attached hydrogen (secondary N) is 1. The van der Waals surface area contributed by atoms with Crippen LogP contribution in [0.4, 0.5) is 11.4 Å². The van der Waals surface area contributed by atoms with E-state index in [1.165, 1.54) is 30.3 Å². The fourth-order valence-corrected chi connectivity index (χ4v) is 2.72. The summed E-state index contributed by atoms with van der Waals surface area (Å²) in [5.41, 5.74) is 0.502. The zero-order chi connectivity index (χ0) is 18.8. The maximum atomic E-state index is 12.3. The Morgan fingerprint density at radius 1 is 1.00 bits per heavy atom. The fourth-order valence-electron chi connectivity index (χ4n) is 2.20. The van der Waals surface area contributed by atoms with Crippen molar-refractivity contribution in [2.45, 2.75) is 0 Å². The Bertz CT molecular complexity index is 1020. The van der Waals surface area contributed by atoms with Crippen molar-refractivity contribution in [3.63, 3.8) is 0 Å². The van der Waals surface area contributed by atoms with Gasteiger partial charge in [0.2, 0.25) is 0 Å². The minimum atomic E-state index is -0.594. The van der Waals surface area contributed by atoms with E-state index < -0.39 is 10.8 Å². The Balaban J connectivity index is 1.86. The number of benzene rings is 2.